The smallest absolute Gasteiger partial charge is 0.230 e. The van der Waals surface area contributed by atoms with Gasteiger partial charge in [-0.3, -0.25) is 0 Å². The third-order valence-corrected chi connectivity index (χ3v) is 1.88. The van der Waals surface area contributed by atoms with Gasteiger partial charge in [-0.15, -0.1) is 0 Å². The highest BCUT2D eigenvalue weighted by Gasteiger charge is 2.52. The molecule has 1 fully saturated rings. The second kappa shape index (κ2) is 2.67. The summed E-state index contributed by atoms with van der Waals surface area (Å²) in [4.78, 5) is 0. The summed E-state index contributed by atoms with van der Waals surface area (Å²) in [6, 6.07) is 0. The maximum atomic E-state index is 12.6. The molecule has 1 aliphatic heterocycles. The molecule has 4 nitrogen and oxygen atoms in total. The summed E-state index contributed by atoms with van der Waals surface area (Å²) in [5.41, 5.74) is -1.91. The maximum absolute atomic E-state index is 12.6. The minimum Gasteiger partial charge on any atom is -0.394 e. The van der Waals surface area contributed by atoms with Crippen LogP contribution in [0.1, 0.15) is 6.92 Å². The molecule has 11 heavy (non-hydrogen) atoms. The van der Waals surface area contributed by atoms with Gasteiger partial charge in [0.15, 0.2) is 0 Å². The number of aliphatic hydroxyl groups is 3. The zero-order chi connectivity index (χ0) is 8.65. The molecule has 0 radical (unpaired) electrons. The van der Waals surface area contributed by atoms with Crippen molar-refractivity contribution in [1.82, 2.24) is 0 Å². The molecule has 0 aliphatic carbocycles. The fraction of sp³-hybridized carbons (Fsp3) is 1.00. The summed E-state index contributed by atoms with van der Waals surface area (Å²) >= 11 is 0. The number of rotatable bonds is 1. The topological polar surface area (TPSA) is 69.9 Å². The molecule has 5 heteroatoms. The lowest BCUT2D eigenvalue weighted by atomic mass is 9.99. The number of alkyl halides is 1. The van der Waals surface area contributed by atoms with E-state index < -0.39 is 30.8 Å². The number of hydrogen-bond donors (Lipinski definition) is 3. The Morgan fingerprint density at radius 2 is 2.18 bits per heavy atom. The summed E-state index contributed by atoms with van der Waals surface area (Å²) in [6.45, 7) is 0.621. The third-order valence-electron chi connectivity index (χ3n) is 1.88. The van der Waals surface area contributed by atoms with Gasteiger partial charge in [0, 0.05) is 0 Å². The molecule has 0 amide bonds. The standard InChI is InChI=1S/C6H11FO4/c1-6(10)4(9)3(2-8)11-5(6)7/h3-5,8-10H,2H2,1H3/t3-,4-,5?,6-/m1/s1. The van der Waals surface area contributed by atoms with Crippen LogP contribution < -0.4 is 0 Å². The van der Waals surface area contributed by atoms with Gasteiger partial charge < -0.3 is 20.1 Å². The van der Waals surface area contributed by atoms with Gasteiger partial charge >= 0.3 is 0 Å². The Hall–Kier alpha value is -0.230. The minimum absolute atomic E-state index is 0.502. The molecule has 1 heterocycles. The van der Waals surface area contributed by atoms with E-state index in [4.69, 9.17) is 10.2 Å². The summed E-state index contributed by atoms with van der Waals surface area (Å²) in [5, 5.41) is 26.8. The first kappa shape index (κ1) is 8.86. The van der Waals surface area contributed by atoms with Crippen molar-refractivity contribution in [3.8, 4) is 0 Å². The van der Waals surface area contributed by atoms with E-state index in [1.807, 2.05) is 0 Å². The summed E-state index contributed by atoms with van der Waals surface area (Å²) in [6.07, 6.45) is -4.34. The van der Waals surface area contributed by atoms with E-state index in [0.29, 0.717) is 0 Å². The molecule has 0 aromatic heterocycles. The van der Waals surface area contributed by atoms with Crippen molar-refractivity contribution in [2.75, 3.05) is 6.61 Å². The fourth-order valence-corrected chi connectivity index (χ4v) is 1.02. The van der Waals surface area contributed by atoms with Crippen molar-refractivity contribution >= 4 is 0 Å². The first-order valence-electron chi connectivity index (χ1n) is 3.31. The summed E-state index contributed by atoms with van der Waals surface area (Å²) in [7, 11) is 0. The van der Waals surface area contributed by atoms with Crippen LogP contribution in [0.15, 0.2) is 0 Å². The lowest BCUT2D eigenvalue weighted by Gasteiger charge is -2.21. The molecule has 1 rings (SSSR count). The Labute approximate surface area is 63.2 Å². The second-order valence-electron chi connectivity index (χ2n) is 2.84. The largest absolute Gasteiger partial charge is 0.394 e. The van der Waals surface area contributed by atoms with E-state index in [1.54, 1.807) is 0 Å². The Balaban J connectivity index is 2.71. The van der Waals surface area contributed by atoms with E-state index in [2.05, 4.69) is 4.74 Å². The molecule has 0 aromatic rings. The highest BCUT2D eigenvalue weighted by atomic mass is 19.1. The lowest BCUT2D eigenvalue weighted by Crippen LogP contribution is -2.44. The van der Waals surface area contributed by atoms with Crippen LogP contribution in [0.5, 0.6) is 0 Å². The van der Waals surface area contributed by atoms with Gasteiger partial charge in [-0.05, 0) is 6.92 Å². The number of hydrogen-bond acceptors (Lipinski definition) is 4. The molecular weight excluding hydrogens is 155 g/mol. The Bertz CT molecular complexity index is 150. The molecule has 1 unspecified atom stereocenters. The summed E-state index contributed by atoms with van der Waals surface area (Å²) in [5.74, 6) is 0. The van der Waals surface area contributed by atoms with Gasteiger partial charge in [0.2, 0.25) is 6.36 Å². The van der Waals surface area contributed by atoms with E-state index in [1.165, 1.54) is 0 Å². The van der Waals surface area contributed by atoms with E-state index >= 15 is 0 Å². The molecule has 0 saturated carbocycles. The molecule has 1 saturated heterocycles. The number of ether oxygens (including phenoxy) is 1. The molecule has 4 atom stereocenters. The first-order valence-corrected chi connectivity index (χ1v) is 3.31. The van der Waals surface area contributed by atoms with E-state index in [0.717, 1.165) is 6.92 Å². The third kappa shape index (κ3) is 1.24. The molecule has 3 N–H and O–H groups in total. The monoisotopic (exact) mass is 166 g/mol. The quantitative estimate of drug-likeness (QED) is 0.457. The van der Waals surface area contributed by atoms with Gasteiger partial charge in [-0.25, -0.2) is 4.39 Å². The van der Waals surface area contributed by atoms with Crippen molar-refractivity contribution < 1.29 is 24.4 Å². The Kier molecular flexibility index (Phi) is 2.15. The zero-order valence-corrected chi connectivity index (χ0v) is 6.07. The first-order chi connectivity index (χ1) is 5.00. The Morgan fingerprint density at radius 3 is 2.36 bits per heavy atom. The molecule has 0 bridgehead atoms. The van der Waals surface area contributed by atoms with E-state index in [-0.39, 0.29) is 0 Å². The van der Waals surface area contributed by atoms with Crippen molar-refractivity contribution in [2.45, 2.75) is 31.1 Å². The van der Waals surface area contributed by atoms with Crippen LogP contribution in [0.4, 0.5) is 4.39 Å². The van der Waals surface area contributed by atoms with Crippen LogP contribution >= 0.6 is 0 Å². The fourth-order valence-electron chi connectivity index (χ4n) is 1.02. The van der Waals surface area contributed by atoms with Crippen LogP contribution in [-0.4, -0.2) is 46.1 Å². The van der Waals surface area contributed by atoms with E-state index in [9.17, 15) is 9.50 Å². The SMILES string of the molecule is C[C@]1(O)C(F)O[C@H](CO)[C@H]1O. The van der Waals surface area contributed by atoms with Gasteiger partial charge in [-0.1, -0.05) is 0 Å². The highest BCUT2D eigenvalue weighted by Crippen LogP contribution is 2.31. The van der Waals surface area contributed by atoms with Crippen molar-refractivity contribution in [2.24, 2.45) is 0 Å². The number of halogens is 1. The van der Waals surface area contributed by atoms with Crippen molar-refractivity contribution in [3.63, 3.8) is 0 Å². The van der Waals surface area contributed by atoms with Gasteiger partial charge in [0.1, 0.15) is 17.8 Å². The average Bonchev–Trinajstić information content (AvgIpc) is 2.14. The molecule has 1 aliphatic rings. The predicted molar refractivity (Wildman–Crippen MR) is 33.5 cm³/mol. The summed E-state index contributed by atoms with van der Waals surface area (Å²) < 4.78 is 17.1. The molecular formula is C6H11FO4. The van der Waals surface area contributed by atoms with Crippen LogP contribution in [0.2, 0.25) is 0 Å². The van der Waals surface area contributed by atoms with Crippen molar-refractivity contribution in [3.05, 3.63) is 0 Å². The lowest BCUT2D eigenvalue weighted by molar-refractivity contribution is -0.123. The Morgan fingerprint density at radius 1 is 1.64 bits per heavy atom. The zero-order valence-electron chi connectivity index (χ0n) is 6.07. The van der Waals surface area contributed by atoms with Crippen LogP contribution in [0.25, 0.3) is 0 Å². The molecule has 0 aromatic carbocycles. The van der Waals surface area contributed by atoms with Crippen LogP contribution in [0, 0.1) is 0 Å². The minimum atomic E-state index is -1.94. The second-order valence-corrected chi connectivity index (χ2v) is 2.84. The normalized spacial score (nSPS) is 51.5. The van der Waals surface area contributed by atoms with Gasteiger partial charge in [-0.2, -0.15) is 0 Å². The van der Waals surface area contributed by atoms with Gasteiger partial charge in [0.05, 0.1) is 6.61 Å². The maximum Gasteiger partial charge on any atom is 0.230 e. The van der Waals surface area contributed by atoms with Gasteiger partial charge in [0.25, 0.3) is 0 Å². The molecule has 66 valence electrons. The van der Waals surface area contributed by atoms with Crippen molar-refractivity contribution in [1.29, 1.82) is 0 Å². The average molecular weight is 166 g/mol. The number of aliphatic hydroxyl groups excluding tert-OH is 2. The highest BCUT2D eigenvalue weighted by molar-refractivity contribution is 4.96. The molecule has 0 spiro atoms. The van der Waals surface area contributed by atoms with Crippen LogP contribution in [0.3, 0.4) is 0 Å². The predicted octanol–water partition coefficient (Wildman–Crippen LogP) is -1.22. The van der Waals surface area contributed by atoms with Crippen LogP contribution in [-0.2, 0) is 4.74 Å².